The van der Waals surface area contributed by atoms with Crippen LogP contribution in [0.3, 0.4) is 0 Å². The number of aryl methyl sites for hydroxylation is 1. The van der Waals surface area contributed by atoms with Gasteiger partial charge in [0.25, 0.3) is 0 Å². The summed E-state index contributed by atoms with van der Waals surface area (Å²) in [4.78, 5) is 8.90. The van der Waals surface area contributed by atoms with Crippen LogP contribution in [-0.2, 0) is 6.42 Å². The summed E-state index contributed by atoms with van der Waals surface area (Å²) in [5, 5.41) is 7.35. The molecule has 5 heteroatoms. The first-order valence-corrected chi connectivity index (χ1v) is 6.78. The molecule has 3 rings (SSSR count). The molecule has 0 spiro atoms. The highest BCUT2D eigenvalue weighted by Crippen LogP contribution is 2.27. The number of nitrogens with zero attached hydrogens (tertiary/aromatic N) is 3. The fraction of sp³-hybridized carbons (Fsp3) is 0.500. The van der Waals surface area contributed by atoms with Gasteiger partial charge in [0, 0.05) is 12.1 Å². The first-order valence-electron chi connectivity index (χ1n) is 6.78. The molecule has 0 bridgehead atoms. The molecule has 2 aromatic rings. The lowest BCUT2D eigenvalue weighted by Crippen LogP contribution is -2.44. The quantitative estimate of drug-likeness (QED) is 0.909. The Morgan fingerprint density at radius 2 is 2.32 bits per heavy atom. The summed E-state index contributed by atoms with van der Waals surface area (Å²) in [5.41, 5.74) is 1.98. The minimum atomic E-state index is 0.302. The van der Waals surface area contributed by atoms with Crippen LogP contribution >= 0.6 is 0 Å². The Morgan fingerprint density at radius 3 is 3.00 bits per heavy atom. The summed E-state index contributed by atoms with van der Waals surface area (Å²) in [6.45, 7) is 6.30. The van der Waals surface area contributed by atoms with Gasteiger partial charge in [-0.1, -0.05) is 25.1 Å². The van der Waals surface area contributed by atoms with E-state index in [2.05, 4.69) is 40.4 Å². The number of pyridine rings is 1. The highest BCUT2D eigenvalue weighted by atomic mass is 16.5. The van der Waals surface area contributed by atoms with E-state index in [1.165, 1.54) is 0 Å². The molecule has 1 saturated heterocycles. The van der Waals surface area contributed by atoms with Gasteiger partial charge in [0.15, 0.2) is 0 Å². The Kier molecular flexibility index (Phi) is 3.29. The van der Waals surface area contributed by atoms with Crippen molar-refractivity contribution in [2.75, 3.05) is 13.1 Å². The van der Waals surface area contributed by atoms with Crippen LogP contribution in [-0.4, -0.2) is 28.2 Å². The lowest BCUT2D eigenvalue weighted by molar-refractivity contribution is 0.252. The maximum atomic E-state index is 5.41. The van der Waals surface area contributed by atoms with Gasteiger partial charge < -0.3 is 9.84 Å². The van der Waals surface area contributed by atoms with Gasteiger partial charge in [0.1, 0.15) is 5.69 Å². The highest BCUT2D eigenvalue weighted by Gasteiger charge is 2.29. The van der Waals surface area contributed by atoms with Crippen molar-refractivity contribution in [2.45, 2.75) is 26.2 Å². The smallest absolute Gasteiger partial charge is 0.230 e. The first-order chi connectivity index (χ1) is 9.29. The van der Waals surface area contributed by atoms with Gasteiger partial charge in [-0.05, 0) is 37.1 Å². The normalized spacial score (nSPS) is 17.2. The summed E-state index contributed by atoms with van der Waals surface area (Å²) in [7, 11) is 0. The van der Waals surface area contributed by atoms with E-state index in [4.69, 9.17) is 4.52 Å². The lowest BCUT2D eigenvalue weighted by atomic mass is 9.89. The molecule has 0 radical (unpaired) electrons. The van der Waals surface area contributed by atoms with E-state index in [1.807, 2.05) is 6.07 Å². The number of aromatic nitrogens is 3. The first kappa shape index (κ1) is 12.3. The lowest BCUT2D eigenvalue weighted by Gasteiger charge is -2.30. The van der Waals surface area contributed by atoms with Crippen LogP contribution in [0.4, 0.5) is 0 Å². The molecule has 1 unspecified atom stereocenters. The SMILES string of the molecule is CCc1cccnc1-c1noc(C(C)C2CNC2)n1. The number of hydrogen-bond acceptors (Lipinski definition) is 5. The number of nitrogens with one attached hydrogen (secondary N) is 1. The van der Waals surface area contributed by atoms with Gasteiger partial charge in [-0.25, -0.2) is 0 Å². The topological polar surface area (TPSA) is 63.8 Å². The van der Waals surface area contributed by atoms with Crippen molar-refractivity contribution >= 4 is 0 Å². The molecule has 0 aromatic carbocycles. The van der Waals surface area contributed by atoms with Crippen LogP contribution in [0.2, 0.25) is 0 Å². The van der Waals surface area contributed by atoms with Crippen LogP contribution < -0.4 is 5.32 Å². The molecule has 1 fully saturated rings. The number of rotatable bonds is 4. The van der Waals surface area contributed by atoms with Crippen LogP contribution in [0.25, 0.3) is 11.5 Å². The molecule has 1 aliphatic heterocycles. The van der Waals surface area contributed by atoms with E-state index in [0.717, 1.165) is 30.8 Å². The average Bonchev–Trinajstić information content (AvgIpc) is 2.86. The van der Waals surface area contributed by atoms with E-state index in [9.17, 15) is 0 Å². The van der Waals surface area contributed by atoms with Gasteiger partial charge in [-0.3, -0.25) is 4.98 Å². The van der Waals surface area contributed by atoms with Crippen molar-refractivity contribution in [2.24, 2.45) is 5.92 Å². The fourth-order valence-corrected chi connectivity index (χ4v) is 2.31. The molecule has 0 amide bonds. The van der Waals surface area contributed by atoms with Gasteiger partial charge in [-0.15, -0.1) is 0 Å². The second-order valence-electron chi connectivity index (χ2n) is 5.03. The summed E-state index contributed by atoms with van der Waals surface area (Å²) < 4.78 is 5.41. The van der Waals surface area contributed by atoms with Gasteiger partial charge in [0.2, 0.25) is 11.7 Å². The molecule has 19 heavy (non-hydrogen) atoms. The van der Waals surface area contributed by atoms with E-state index in [-0.39, 0.29) is 0 Å². The number of hydrogen-bond donors (Lipinski definition) is 1. The predicted octanol–water partition coefficient (Wildman–Crippen LogP) is 2.02. The van der Waals surface area contributed by atoms with Crippen LogP contribution in [0, 0.1) is 5.92 Å². The van der Waals surface area contributed by atoms with Crippen molar-refractivity contribution in [1.82, 2.24) is 20.4 Å². The van der Waals surface area contributed by atoms with Crippen LogP contribution in [0.15, 0.2) is 22.9 Å². The Bertz CT molecular complexity index is 562. The largest absolute Gasteiger partial charge is 0.339 e. The second-order valence-corrected chi connectivity index (χ2v) is 5.03. The zero-order chi connectivity index (χ0) is 13.2. The second kappa shape index (κ2) is 5.09. The highest BCUT2D eigenvalue weighted by molar-refractivity contribution is 5.53. The third-order valence-electron chi connectivity index (χ3n) is 3.84. The van der Waals surface area contributed by atoms with E-state index in [1.54, 1.807) is 6.20 Å². The molecule has 100 valence electrons. The van der Waals surface area contributed by atoms with Gasteiger partial charge in [0.05, 0.1) is 0 Å². The monoisotopic (exact) mass is 258 g/mol. The minimum absolute atomic E-state index is 0.302. The zero-order valence-electron chi connectivity index (χ0n) is 11.3. The minimum Gasteiger partial charge on any atom is -0.339 e. The van der Waals surface area contributed by atoms with E-state index < -0.39 is 0 Å². The Morgan fingerprint density at radius 1 is 1.47 bits per heavy atom. The molecule has 1 atom stereocenters. The standard InChI is InChI=1S/C14H18N4O/c1-3-10-5-4-6-16-12(10)13-17-14(19-18-13)9(2)11-7-15-8-11/h4-6,9,11,15H,3,7-8H2,1-2H3. The maximum absolute atomic E-state index is 5.41. The van der Waals surface area contributed by atoms with E-state index in [0.29, 0.717) is 23.6 Å². The summed E-state index contributed by atoms with van der Waals surface area (Å²) in [6, 6.07) is 3.99. The molecule has 5 nitrogen and oxygen atoms in total. The van der Waals surface area contributed by atoms with E-state index >= 15 is 0 Å². The molecular weight excluding hydrogens is 240 g/mol. The van der Waals surface area contributed by atoms with Crippen LogP contribution in [0.1, 0.15) is 31.2 Å². The molecular formula is C14H18N4O. The van der Waals surface area contributed by atoms with Crippen molar-refractivity contribution in [3.63, 3.8) is 0 Å². The average molecular weight is 258 g/mol. The molecule has 0 saturated carbocycles. The van der Waals surface area contributed by atoms with Crippen molar-refractivity contribution in [3.05, 3.63) is 29.8 Å². The zero-order valence-corrected chi connectivity index (χ0v) is 11.3. The Balaban J connectivity index is 1.88. The van der Waals surface area contributed by atoms with Gasteiger partial charge in [-0.2, -0.15) is 4.98 Å². The van der Waals surface area contributed by atoms with Crippen LogP contribution in [0.5, 0.6) is 0 Å². The summed E-state index contributed by atoms with van der Waals surface area (Å²) in [5.74, 6) is 2.22. The van der Waals surface area contributed by atoms with Crippen molar-refractivity contribution in [1.29, 1.82) is 0 Å². The summed E-state index contributed by atoms with van der Waals surface area (Å²) in [6.07, 6.45) is 2.68. The molecule has 2 aromatic heterocycles. The van der Waals surface area contributed by atoms with Crippen molar-refractivity contribution in [3.8, 4) is 11.5 Å². The maximum Gasteiger partial charge on any atom is 0.230 e. The van der Waals surface area contributed by atoms with Crippen molar-refractivity contribution < 1.29 is 4.52 Å². The predicted molar refractivity (Wildman–Crippen MR) is 71.7 cm³/mol. The third kappa shape index (κ3) is 2.26. The molecule has 1 N–H and O–H groups in total. The molecule has 1 aliphatic rings. The Hall–Kier alpha value is -1.75. The Labute approximate surface area is 112 Å². The van der Waals surface area contributed by atoms with Gasteiger partial charge >= 0.3 is 0 Å². The molecule has 3 heterocycles. The fourth-order valence-electron chi connectivity index (χ4n) is 2.31. The summed E-state index contributed by atoms with van der Waals surface area (Å²) >= 11 is 0. The molecule has 0 aliphatic carbocycles. The third-order valence-corrected chi connectivity index (χ3v) is 3.84.